The standard InChI is InChI=1S/C28H43NO10/c1-8-18(6)36-27(33)38-21-12-11-20(14-22(21)39-28(34)37-19(7)9-2)24(25(29)26(31)32)17(5)15-35-23(30)13-10-16(3)4/h11-12,14,16-19,24-25H,8-10,13,15,29H2,1-7H3,(H,31,32)/t17?,18?,19?,24?,25-/m0/s1. The summed E-state index contributed by atoms with van der Waals surface area (Å²) < 4.78 is 26.3. The number of carbonyl (C=O) groups excluding carboxylic acids is 3. The fourth-order valence-electron chi connectivity index (χ4n) is 3.47. The van der Waals surface area contributed by atoms with Crippen LogP contribution < -0.4 is 15.2 Å². The van der Waals surface area contributed by atoms with Crippen molar-refractivity contribution in [3.8, 4) is 11.5 Å². The van der Waals surface area contributed by atoms with Gasteiger partial charge in [0.25, 0.3) is 0 Å². The molecule has 0 bridgehead atoms. The van der Waals surface area contributed by atoms with Gasteiger partial charge in [-0.25, -0.2) is 9.59 Å². The highest BCUT2D eigenvalue weighted by atomic mass is 16.7. The molecule has 0 fully saturated rings. The molecule has 39 heavy (non-hydrogen) atoms. The summed E-state index contributed by atoms with van der Waals surface area (Å²) in [6, 6.07) is 2.83. The van der Waals surface area contributed by atoms with Crippen LogP contribution in [-0.4, -0.2) is 54.2 Å². The smallest absolute Gasteiger partial charge is 0.480 e. The first-order chi connectivity index (χ1) is 18.3. The Balaban J connectivity index is 3.32. The summed E-state index contributed by atoms with van der Waals surface area (Å²) in [6.45, 7) is 12.7. The molecule has 220 valence electrons. The Morgan fingerprint density at radius 3 is 1.90 bits per heavy atom. The molecular weight excluding hydrogens is 510 g/mol. The SMILES string of the molecule is CCC(C)OC(=O)Oc1ccc(C(C(C)COC(=O)CCC(C)C)[C@H](N)C(=O)O)cc1OC(=O)OC(C)CC. The van der Waals surface area contributed by atoms with Crippen LogP contribution in [-0.2, 0) is 23.8 Å². The van der Waals surface area contributed by atoms with Gasteiger partial charge in [0.1, 0.15) is 18.2 Å². The van der Waals surface area contributed by atoms with Crippen molar-refractivity contribution in [1.29, 1.82) is 0 Å². The van der Waals surface area contributed by atoms with Crippen LogP contribution in [0.25, 0.3) is 0 Å². The fourth-order valence-corrected chi connectivity index (χ4v) is 3.47. The molecule has 3 N–H and O–H groups in total. The molecule has 0 saturated heterocycles. The molecule has 0 aliphatic rings. The van der Waals surface area contributed by atoms with Gasteiger partial charge in [-0.2, -0.15) is 0 Å². The van der Waals surface area contributed by atoms with Crippen LogP contribution in [0.4, 0.5) is 9.59 Å². The number of carbonyl (C=O) groups is 4. The third-order valence-corrected chi connectivity index (χ3v) is 6.20. The molecule has 0 saturated carbocycles. The molecule has 0 spiro atoms. The molecule has 4 unspecified atom stereocenters. The van der Waals surface area contributed by atoms with Crippen molar-refractivity contribution < 1.29 is 48.0 Å². The first-order valence-electron chi connectivity index (χ1n) is 13.3. The third-order valence-electron chi connectivity index (χ3n) is 6.20. The first-order valence-corrected chi connectivity index (χ1v) is 13.3. The second kappa shape index (κ2) is 16.6. The zero-order valence-electron chi connectivity index (χ0n) is 23.9. The minimum absolute atomic E-state index is 0.0751. The Kier molecular flexibility index (Phi) is 14.3. The van der Waals surface area contributed by atoms with E-state index < -0.39 is 54.3 Å². The Bertz CT molecular complexity index is 964. The van der Waals surface area contributed by atoms with E-state index in [0.717, 1.165) is 0 Å². The zero-order chi connectivity index (χ0) is 29.7. The topological polar surface area (TPSA) is 161 Å². The second-order valence-corrected chi connectivity index (χ2v) is 10.1. The van der Waals surface area contributed by atoms with E-state index in [2.05, 4.69) is 0 Å². The summed E-state index contributed by atoms with van der Waals surface area (Å²) in [5.74, 6) is -3.03. The molecule has 1 aromatic carbocycles. The molecule has 11 heteroatoms. The number of aliphatic carboxylic acids is 1. The van der Waals surface area contributed by atoms with Crippen LogP contribution in [0.15, 0.2) is 18.2 Å². The second-order valence-electron chi connectivity index (χ2n) is 10.1. The highest BCUT2D eigenvalue weighted by Gasteiger charge is 2.33. The average molecular weight is 554 g/mol. The van der Waals surface area contributed by atoms with E-state index in [1.807, 2.05) is 27.7 Å². The highest BCUT2D eigenvalue weighted by molar-refractivity contribution is 5.75. The Hall–Kier alpha value is -3.34. The number of esters is 1. The quantitative estimate of drug-likeness (QED) is 0.162. The lowest BCUT2D eigenvalue weighted by Gasteiger charge is -2.28. The molecule has 0 heterocycles. The summed E-state index contributed by atoms with van der Waals surface area (Å²) in [4.78, 5) is 48.7. The van der Waals surface area contributed by atoms with E-state index in [4.69, 9.17) is 29.4 Å². The van der Waals surface area contributed by atoms with Crippen LogP contribution in [0, 0.1) is 11.8 Å². The summed E-state index contributed by atoms with van der Waals surface area (Å²) in [5, 5.41) is 9.68. The minimum atomic E-state index is -1.38. The largest absolute Gasteiger partial charge is 0.514 e. The Morgan fingerprint density at radius 2 is 1.41 bits per heavy atom. The summed E-state index contributed by atoms with van der Waals surface area (Å²) >= 11 is 0. The van der Waals surface area contributed by atoms with Crippen LogP contribution in [0.2, 0.25) is 0 Å². The number of carboxylic acid groups (broad SMARTS) is 1. The minimum Gasteiger partial charge on any atom is -0.480 e. The molecule has 5 atom stereocenters. The van der Waals surface area contributed by atoms with Gasteiger partial charge in [0.15, 0.2) is 11.5 Å². The fraction of sp³-hybridized carbons (Fsp3) is 0.643. The maximum absolute atomic E-state index is 12.4. The zero-order valence-corrected chi connectivity index (χ0v) is 23.9. The van der Waals surface area contributed by atoms with E-state index in [-0.39, 0.29) is 24.5 Å². The first kappa shape index (κ1) is 33.7. The molecule has 0 aliphatic heterocycles. The van der Waals surface area contributed by atoms with E-state index >= 15 is 0 Å². The van der Waals surface area contributed by atoms with Crippen molar-refractivity contribution in [1.82, 2.24) is 0 Å². The lowest BCUT2D eigenvalue weighted by atomic mass is 9.82. The molecule has 0 amide bonds. The number of carboxylic acids is 1. The van der Waals surface area contributed by atoms with Gasteiger partial charge in [0.2, 0.25) is 0 Å². The monoisotopic (exact) mass is 553 g/mol. The van der Waals surface area contributed by atoms with Crippen molar-refractivity contribution in [3.05, 3.63) is 23.8 Å². The van der Waals surface area contributed by atoms with Crippen molar-refractivity contribution in [3.63, 3.8) is 0 Å². The predicted octanol–water partition coefficient (Wildman–Crippen LogP) is 5.43. The van der Waals surface area contributed by atoms with Gasteiger partial charge in [-0.3, -0.25) is 9.59 Å². The van der Waals surface area contributed by atoms with Gasteiger partial charge in [0, 0.05) is 12.3 Å². The number of hydrogen-bond donors (Lipinski definition) is 2. The summed E-state index contributed by atoms with van der Waals surface area (Å²) in [6.07, 6.45) is -0.854. The molecular formula is C28H43NO10. The molecule has 0 radical (unpaired) electrons. The lowest BCUT2D eigenvalue weighted by Crippen LogP contribution is -2.40. The number of rotatable bonds is 15. The van der Waals surface area contributed by atoms with E-state index in [0.29, 0.717) is 30.7 Å². The van der Waals surface area contributed by atoms with Crippen LogP contribution in [0.1, 0.15) is 85.6 Å². The number of benzene rings is 1. The van der Waals surface area contributed by atoms with E-state index in [1.165, 1.54) is 18.2 Å². The number of hydrogen-bond acceptors (Lipinski definition) is 10. The summed E-state index contributed by atoms with van der Waals surface area (Å²) in [5.41, 5.74) is 6.41. The highest BCUT2D eigenvalue weighted by Crippen LogP contribution is 2.36. The predicted molar refractivity (Wildman–Crippen MR) is 143 cm³/mol. The lowest BCUT2D eigenvalue weighted by molar-refractivity contribution is -0.145. The normalized spacial score (nSPS) is 14.9. The Labute approximate surface area is 230 Å². The van der Waals surface area contributed by atoms with Crippen LogP contribution >= 0.6 is 0 Å². The van der Waals surface area contributed by atoms with Gasteiger partial charge in [0.05, 0.1) is 6.61 Å². The third kappa shape index (κ3) is 11.9. The van der Waals surface area contributed by atoms with Gasteiger partial charge in [-0.15, -0.1) is 0 Å². The maximum Gasteiger partial charge on any atom is 0.514 e. The van der Waals surface area contributed by atoms with Crippen molar-refractivity contribution in [2.75, 3.05) is 6.61 Å². The van der Waals surface area contributed by atoms with Gasteiger partial charge >= 0.3 is 24.2 Å². The van der Waals surface area contributed by atoms with Crippen molar-refractivity contribution in [2.24, 2.45) is 17.6 Å². The van der Waals surface area contributed by atoms with Crippen molar-refractivity contribution >= 4 is 24.2 Å². The molecule has 1 aromatic rings. The van der Waals surface area contributed by atoms with Crippen LogP contribution in [0.5, 0.6) is 11.5 Å². The van der Waals surface area contributed by atoms with E-state index in [1.54, 1.807) is 20.8 Å². The maximum atomic E-state index is 12.4. The van der Waals surface area contributed by atoms with Crippen LogP contribution in [0.3, 0.4) is 0 Å². The van der Waals surface area contributed by atoms with Gasteiger partial charge < -0.3 is 34.5 Å². The molecule has 1 rings (SSSR count). The average Bonchev–Trinajstić information content (AvgIpc) is 2.87. The van der Waals surface area contributed by atoms with Gasteiger partial charge in [-0.05, 0) is 62.6 Å². The Morgan fingerprint density at radius 1 is 0.872 bits per heavy atom. The van der Waals surface area contributed by atoms with Crippen molar-refractivity contribution in [2.45, 2.75) is 98.3 Å². The molecule has 0 aliphatic carbocycles. The van der Waals surface area contributed by atoms with E-state index in [9.17, 15) is 24.3 Å². The molecule has 11 nitrogen and oxygen atoms in total. The number of ether oxygens (including phenoxy) is 5. The number of nitrogens with two attached hydrogens (primary N) is 1. The molecule has 0 aromatic heterocycles. The van der Waals surface area contributed by atoms with Gasteiger partial charge in [-0.1, -0.05) is 40.7 Å². The summed E-state index contributed by atoms with van der Waals surface area (Å²) in [7, 11) is 0.